The molecule has 8 heteroatoms. The van der Waals surface area contributed by atoms with Crippen molar-refractivity contribution in [2.75, 3.05) is 10.6 Å². The van der Waals surface area contributed by atoms with Gasteiger partial charge in [0.15, 0.2) is 0 Å². The van der Waals surface area contributed by atoms with Crippen molar-refractivity contribution in [1.29, 1.82) is 0 Å². The van der Waals surface area contributed by atoms with Crippen LogP contribution in [0.3, 0.4) is 0 Å². The molecular formula is C18H16ClN3O2S2. The molecule has 5 nitrogen and oxygen atoms in total. The number of amides is 2. The first-order valence-corrected chi connectivity index (χ1v) is 9.93. The number of benzene rings is 1. The Hall–Kier alpha value is -2.22. The molecule has 0 saturated carbocycles. The fourth-order valence-corrected chi connectivity index (χ4v) is 3.99. The van der Waals surface area contributed by atoms with E-state index in [9.17, 15) is 9.59 Å². The largest absolute Gasteiger partial charge is 0.326 e. The fraction of sp³-hybridized carbons (Fsp3) is 0.167. The summed E-state index contributed by atoms with van der Waals surface area (Å²) in [5.74, 6) is -0.498. The highest BCUT2D eigenvalue weighted by Gasteiger charge is 2.14. The first-order valence-electron chi connectivity index (χ1n) is 7.86. The van der Waals surface area contributed by atoms with Crippen LogP contribution < -0.4 is 10.6 Å². The van der Waals surface area contributed by atoms with Crippen LogP contribution in [0.4, 0.5) is 11.4 Å². The van der Waals surface area contributed by atoms with Gasteiger partial charge in [0.25, 0.3) is 5.91 Å². The molecule has 0 aliphatic carbocycles. The smallest absolute Gasteiger partial charge is 0.275 e. The van der Waals surface area contributed by atoms with Gasteiger partial charge in [0.2, 0.25) is 5.91 Å². The lowest BCUT2D eigenvalue weighted by molar-refractivity contribution is -0.118. The Labute approximate surface area is 164 Å². The van der Waals surface area contributed by atoms with Gasteiger partial charge in [-0.25, -0.2) is 4.98 Å². The number of carbonyl (C=O) groups is 2. The molecule has 0 spiro atoms. The summed E-state index contributed by atoms with van der Waals surface area (Å²) < 4.78 is 0.682. The summed E-state index contributed by atoms with van der Waals surface area (Å²) in [5.41, 5.74) is 1.56. The van der Waals surface area contributed by atoms with Crippen LogP contribution in [0, 0.1) is 5.92 Å². The van der Waals surface area contributed by atoms with E-state index in [0.717, 1.165) is 9.88 Å². The second-order valence-corrected chi connectivity index (χ2v) is 8.39. The number of thiophene rings is 1. The second-order valence-electron chi connectivity index (χ2n) is 5.82. The third-order valence-electron chi connectivity index (χ3n) is 3.43. The predicted molar refractivity (Wildman–Crippen MR) is 108 cm³/mol. The molecule has 0 saturated heterocycles. The fourth-order valence-electron chi connectivity index (χ4n) is 2.08. The molecule has 134 valence electrons. The Bertz CT molecular complexity index is 949. The van der Waals surface area contributed by atoms with Crippen molar-refractivity contribution in [2.24, 2.45) is 5.92 Å². The summed E-state index contributed by atoms with van der Waals surface area (Å²) in [6.07, 6.45) is 0. The van der Waals surface area contributed by atoms with Crippen LogP contribution in [0.2, 0.25) is 4.34 Å². The van der Waals surface area contributed by atoms with E-state index in [-0.39, 0.29) is 17.7 Å². The van der Waals surface area contributed by atoms with E-state index in [1.165, 1.54) is 22.7 Å². The summed E-state index contributed by atoms with van der Waals surface area (Å²) in [6, 6.07) is 10.7. The van der Waals surface area contributed by atoms with Crippen molar-refractivity contribution in [3.8, 4) is 9.88 Å². The van der Waals surface area contributed by atoms with Gasteiger partial charge in [0.1, 0.15) is 10.7 Å². The minimum atomic E-state index is -0.303. The van der Waals surface area contributed by atoms with Gasteiger partial charge in [-0.3, -0.25) is 9.59 Å². The van der Waals surface area contributed by atoms with Crippen molar-refractivity contribution in [3.05, 3.63) is 51.8 Å². The summed E-state index contributed by atoms with van der Waals surface area (Å²) in [5, 5.41) is 8.08. The molecule has 1 aromatic carbocycles. The number of carbonyl (C=O) groups excluding carboxylic acids is 2. The van der Waals surface area contributed by atoms with E-state index in [0.29, 0.717) is 21.4 Å². The Morgan fingerprint density at radius 2 is 1.85 bits per heavy atom. The van der Waals surface area contributed by atoms with E-state index >= 15 is 0 Å². The zero-order chi connectivity index (χ0) is 18.7. The van der Waals surface area contributed by atoms with Gasteiger partial charge in [-0.05, 0) is 30.3 Å². The number of hydrogen-bond donors (Lipinski definition) is 2. The standard InChI is InChI=1S/C18H16ClN3O2S2/c1-10(2)16(23)20-11-4-3-5-12(8-11)21-17(24)13-9-25-18(22-13)14-6-7-15(19)26-14/h3-10H,1-2H3,(H,20,23)(H,21,24). The normalized spacial score (nSPS) is 10.8. The molecule has 0 bridgehead atoms. The molecule has 3 rings (SSSR count). The molecule has 2 aromatic heterocycles. The van der Waals surface area contributed by atoms with Crippen LogP contribution in [-0.4, -0.2) is 16.8 Å². The van der Waals surface area contributed by atoms with Crippen LogP contribution in [-0.2, 0) is 4.79 Å². The van der Waals surface area contributed by atoms with Crippen LogP contribution in [0.25, 0.3) is 9.88 Å². The van der Waals surface area contributed by atoms with E-state index in [1.54, 1.807) is 35.7 Å². The Kier molecular flexibility index (Phi) is 5.70. The highest BCUT2D eigenvalue weighted by atomic mass is 35.5. The lowest BCUT2D eigenvalue weighted by Gasteiger charge is -2.09. The van der Waals surface area contributed by atoms with Gasteiger partial charge in [-0.15, -0.1) is 22.7 Å². The topological polar surface area (TPSA) is 71.1 Å². The Balaban J connectivity index is 1.70. The molecule has 0 unspecified atom stereocenters. The summed E-state index contributed by atoms with van der Waals surface area (Å²) >= 11 is 8.76. The molecule has 0 aliphatic heterocycles. The molecule has 2 N–H and O–H groups in total. The number of rotatable bonds is 5. The van der Waals surface area contributed by atoms with Crippen LogP contribution >= 0.6 is 34.3 Å². The summed E-state index contributed by atoms with van der Waals surface area (Å²) in [7, 11) is 0. The quantitative estimate of drug-likeness (QED) is 0.599. The molecule has 2 amide bonds. The molecular weight excluding hydrogens is 390 g/mol. The second kappa shape index (κ2) is 7.99. The number of halogens is 1. The molecule has 0 radical (unpaired) electrons. The third kappa shape index (κ3) is 4.49. The maximum absolute atomic E-state index is 12.4. The Morgan fingerprint density at radius 1 is 1.12 bits per heavy atom. The van der Waals surface area contributed by atoms with Gasteiger partial charge in [0.05, 0.1) is 9.21 Å². The SMILES string of the molecule is CC(C)C(=O)Nc1cccc(NC(=O)c2csc(-c3ccc(Cl)s3)n2)c1. The Morgan fingerprint density at radius 3 is 2.50 bits per heavy atom. The lowest BCUT2D eigenvalue weighted by atomic mass is 10.2. The predicted octanol–water partition coefficient (Wildman–Crippen LogP) is 5.37. The molecule has 0 fully saturated rings. The number of nitrogens with zero attached hydrogens (tertiary/aromatic N) is 1. The van der Waals surface area contributed by atoms with Crippen molar-refractivity contribution >= 4 is 57.5 Å². The van der Waals surface area contributed by atoms with Gasteiger partial charge in [0, 0.05) is 22.7 Å². The minimum absolute atomic E-state index is 0.0766. The molecule has 0 atom stereocenters. The number of hydrogen-bond acceptors (Lipinski definition) is 5. The first-order chi connectivity index (χ1) is 12.4. The zero-order valence-corrected chi connectivity index (χ0v) is 16.5. The molecule has 26 heavy (non-hydrogen) atoms. The van der Waals surface area contributed by atoms with E-state index in [1.807, 2.05) is 19.9 Å². The summed E-state index contributed by atoms with van der Waals surface area (Å²) in [4.78, 5) is 29.5. The molecule has 0 aliphatic rings. The zero-order valence-electron chi connectivity index (χ0n) is 14.1. The highest BCUT2D eigenvalue weighted by Crippen LogP contribution is 2.33. The van der Waals surface area contributed by atoms with Gasteiger partial charge in [-0.1, -0.05) is 31.5 Å². The van der Waals surface area contributed by atoms with E-state index in [2.05, 4.69) is 15.6 Å². The number of aromatic nitrogens is 1. The molecule has 2 heterocycles. The van der Waals surface area contributed by atoms with Crippen LogP contribution in [0.15, 0.2) is 41.8 Å². The average molecular weight is 406 g/mol. The maximum Gasteiger partial charge on any atom is 0.275 e. The van der Waals surface area contributed by atoms with Crippen molar-refractivity contribution < 1.29 is 9.59 Å². The van der Waals surface area contributed by atoms with Crippen LogP contribution in [0.1, 0.15) is 24.3 Å². The van der Waals surface area contributed by atoms with Crippen LogP contribution in [0.5, 0.6) is 0 Å². The van der Waals surface area contributed by atoms with Crippen molar-refractivity contribution in [2.45, 2.75) is 13.8 Å². The highest BCUT2D eigenvalue weighted by molar-refractivity contribution is 7.23. The van der Waals surface area contributed by atoms with Gasteiger partial charge in [-0.2, -0.15) is 0 Å². The maximum atomic E-state index is 12.4. The first kappa shape index (κ1) is 18.6. The number of anilines is 2. The number of thiazole rings is 1. The monoisotopic (exact) mass is 405 g/mol. The number of nitrogens with one attached hydrogen (secondary N) is 2. The van der Waals surface area contributed by atoms with Crippen molar-refractivity contribution in [1.82, 2.24) is 4.98 Å². The van der Waals surface area contributed by atoms with E-state index in [4.69, 9.17) is 11.6 Å². The van der Waals surface area contributed by atoms with Gasteiger partial charge >= 0.3 is 0 Å². The minimum Gasteiger partial charge on any atom is -0.326 e. The summed E-state index contributed by atoms with van der Waals surface area (Å²) in [6.45, 7) is 3.64. The van der Waals surface area contributed by atoms with Gasteiger partial charge < -0.3 is 10.6 Å². The van der Waals surface area contributed by atoms with Crippen molar-refractivity contribution in [3.63, 3.8) is 0 Å². The molecule has 3 aromatic rings. The lowest BCUT2D eigenvalue weighted by Crippen LogP contribution is -2.18. The third-order valence-corrected chi connectivity index (χ3v) is 5.68. The van der Waals surface area contributed by atoms with E-state index < -0.39 is 0 Å². The average Bonchev–Trinajstić information content (AvgIpc) is 3.24.